The van der Waals surface area contributed by atoms with Gasteiger partial charge in [0.2, 0.25) is 5.69 Å². The summed E-state index contributed by atoms with van der Waals surface area (Å²) in [6.07, 6.45) is 23.6. The van der Waals surface area contributed by atoms with Crippen molar-refractivity contribution in [1.29, 1.82) is 0 Å². The number of benzene rings is 1. The van der Waals surface area contributed by atoms with E-state index < -0.39 is 0 Å². The molecule has 0 spiro atoms. The van der Waals surface area contributed by atoms with Gasteiger partial charge >= 0.3 is 0 Å². The summed E-state index contributed by atoms with van der Waals surface area (Å²) in [7, 11) is 0. The normalized spacial score (nSPS) is 11.1. The van der Waals surface area contributed by atoms with Crippen molar-refractivity contribution >= 4 is 0 Å². The minimum absolute atomic E-state index is 1.23. The lowest BCUT2D eigenvalue weighted by Crippen LogP contribution is -2.30. The number of para-hydroxylation sites is 1. The van der Waals surface area contributed by atoms with Crippen LogP contribution < -0.4 is 4.57 Å². The van der Waals surface area contributed by atoms with Crippen LogP contribution in [0.4, 0.5) is 0 Å². The van der Waals surface area contributed by atoms with Crippen molar-refractivity contribution in [3.05, 3.63) is 59.9 Å². The molecule has 0 fully saturated rings. The maximum Gasteiger partial charge on any atom is 0.210 e. The fourth-order valence-corrected chi connectivity index (χ4v) is 3.99. The number of aromatic nitrogens is 1. The maximum absolute atomic E-state index is 2.40. The van der Waals surface area contributed by atoms with Gasteiger partial charge in [-0.25, -0.2) is 0 Å². The smallest absolute Gasteiger partial charge is 0.167 e. The van der Waals surface area contributed by atoms with Crippen LogP contribution in [0.15, 0.2) is 48.8 Å². The summed E-state index contributed by atoms with van der Waals surface area (Å²) in [5.74, 6) is 0. The van der Waals surface area contributed by atoms with E-state index in [1.54, 1.807) is 11.1 Å². The Bertz CT molecular complexity index is 632. The minimum Gasteiger partial charge on any atom is -0.167 e. The zero-order valence-electron chi connectivity index (χ0n) is 18.5. The highest BCUT2D eigenvalue weighted by atomic mass is 14.9. The second-order valence-corrected chi connectivity index (χ2v) is 8.27. The lowest BCUT2D eigenvalue weighted by atomic mass is 9.98. The summed E-state index contributed by atoms with van der Waals surface area (Å²) in [5.41, 5.74) is 4.41. The Morgan fingerprint density at radius 2 is 1.11 bits per heavy atom. The summed E-state index contributed by atoms with van der Waals surface area (Å²) >= 11 is 0. The topological polar surface area (TPSA) is 3.88 Å². The molecule has 1 aromatic carbocycles. The Hall–Kier alpha value is -1.63. The van der Waals surface area contributed by atoms with Crippen LogP contribution in [0, 0.1) is 0 Å². The molecule has 0 N–H and O–H groups in total. The van der Waals surface area contributed by atoms with Gasteiger partial charge in [-0.3, -0.25) is 0 Å². The molecule has 0 unspecified atom stereocenters. The molecular formula is C27H42N+. The molecule has 0 saturated heterocycles. The van der Waals surface area contributed by atoms with Crippen molar-refractivity contribution in [2.24, 2.45) is 0 Å². The number of hydrogen-bond acceptors (Lipinski definition) is 0. The molecule has 2 aromatic rings. The van der Waals surface area contributed by atoms with E-state index in [1.807, 2.05) is 0 Å². The highest BCUT2D eigenvalue weighted by Gasteiger charge is 2.11. The van der Waals surface area contributed by atoms with Gasteiger partial charge in [-0.05, 0) is 31.2 Å². The molecule has 2 rings (SSSR count). The first kappa shape index (κ1) is 22.7. The van der Waals surface area contributed by atoms with E-state index in [0.717, 1.165) is 0 Å². The van der Waals surface area contributed by atoms with E-state index in [9.17, 15) is 0 Å². The van der Waals surface area contributed by atoms with Crippen LogP contribution in [0.3, 0.4) is 0 Å². The van der Waals surface area contributed by atoms with E-state index >= 15 is 0 Å². The summed E-state index contributed by atoms with van der Waals surface area (Å²) in [6.45, 7) is 4.58. The average Bonchev–Trinajstić information content (AvgIpc) is 2.74. The molecule has 1 nitrogen and oxygen atoms in total. The SMILES string of the molecule is CCCCCCCCc1cc[n+](-c2ccccc2)cc1CCCCCCCC. The third kappa shape index (κ3) is 8.59. The molecule has 28 heavy (non-hydrogen) atoms. The largest absolute Gasteiger partial charge is 0.210 e. The lowest BCUT2D eigenvalue weighted by Gasteiger charge is -2.09. The zero-order valence-corrected chi connectivity index (χ0v) is 18.5. The van der Waals surface area contributed by atoms with Gasteiger partial charge in [0.1, 0.15) is 0 Å². The molecule has 1 heterocycles. The number of pyridine rings is 1. The summed E-state index contributed by atoms with van der Waals surface area (Å²) < 4.78 is 2.30. The number of hydrogen-bond donors (Lipinski definition) is 0. The van der Waals surface area contributed by atoms with Gasteiger partial charge in [0.05, 0.1) is 0 Å². The van der Waals surface area contributed by atoms with Gasteiger partial charge in [-0.2, -0.15) is 4.57 Å². The average molecular weight is 381 g/mol. The molecule has 0 aliphatic rings. The van der Waals surface area contributed by atoms with Crippen molar-refractivity contribution in [3.8, 4) is 5.69 Å². The first-order chi connectivity index (χ1) is 13.8. The quantitative estimate of drug-likeness (QED) is 0.219. The second kappa shape index (κ2) is 14.4. The van der Waals surface area contributed by atoms with Gasteiger partial charge < -0.3 is 0 Å². The van der Waals surface area contributed by atoms with Gasteiger partial charge in [-0.1, -0.05) is 96.3 Å². The van der Waals surface area contributed by atoms with E-state index in [2.05, 4.69) is 67.2 Å². The molecule has 154 valence electrons. The van der Waals surface area contributed by atoms with Crippen molar-refractivity contribution < 1.29 is 4.57 Å². The second-order valence-electron chi connectivity index (χ2n) is 8.27. The van der Waals surface area contributed by atoms with Crippen molar-refractivity contribution in [3.63, 3.8) is 0 Å². The highest BCUT2D eigenvalue weighted by Crippen LogP contribution is 2.17. The van der Waals surface area contributed by atoms with Crippen LogP contribution in [0.1, 0.15) is 102 Å². The third-order valence-electron chi connectivity index (χ3n) is 5.80. The minimum atomic E-state index is 1.23. The summed E-state index contributed by atoms with van der Waals surface area (Å²) in [5, 5.41) is 0. The Balaban J connectivity index is 1.94. The van der Waals surface area contributed by atoms with Crippen LogP contribution in [-0.4, -0.2) is 0 Å². The van der Waals surface area contributed by atoms with Crippen LogP contribution in [0.25, 0.3) is 5.69 Å². The molecule has 1 aromatic heterocycles. The fraction of sp³-hybridized carbons (Fsp3) is 0.593. The first-order valence-corrected chi connectivity index (χ1v) is 11.9. The zero-order chi connectivity index (χ0) is 19.9. The Morgan fingerprint density at radius 1 is 0.571 bits per heavy atom. The van der Waals surface area contributed by atoms with E-state index in [1.165, 1.54) is 95.6 Å². The van der Waals surface area contributed by atoms with Crippen LogP contribution in [-0.2, 0) is 12.8 Å². The van der Waals surface area contributed by atoms with Crippen molar-refractivity contribution in [1.82, 2.24) is 0 Å². The summed E-state index contributed by atoms with van der Waals surface area (Å²) in [6, 6.07) is 13.1. The Labute approximate surface area is 174 Å². The fourth-order valence-electron chi connectivity index (χ4n) is 3.99. The van der Waals surface area contributed by atoms with E-state index in [-0.39, 0.29) is 0 Å². The summed E-state index contributed by atoms with van der Waals surface area (Å²) in [4.78, 5) is 0. The molecule has 0 amide bonds. The molecule has 0 radical (unpaired) electrons. The van der Waals surface area contributed by atoms with Crippen molar-refractivity contribution in [2.75, 3.05) is 0 Å². The van der Waals surface area contributed by atoms with E-state index in [4.69, 9.17) is 0 Å². The number of rotatable bonds is 15. The van der Waals surface area contributed by atoms with Crippen LogP contribution >= 0.6 is 0 Å². The number of aryl methyl sites for hydroxylation is 2. The molecule has 0 bridgehead atoms. The Morgan fingerprint density at radius 3 is 1.71 bits per heavy atom. The molecule has 0 aliphatic carbocycles. The third-order valence-corrected chi connectivity index (χ3v) is 5.80. The highest BCUT2D eigenvalue weighted by molar-refractivity contribution is 5.25. The monoisotopic (exact) mass is 380 g/mol. The van der Waals surface area contributed by atoms with Gasteiger partial charge in [0.15, 0.2) is 12.4 Å². The van der Waals surface area contributed by atoms with E-state index in [0.29, 0.717) is 0 Å². The van der Waals surface area contributed by atoms with Crippen LogP contribution in [0.2, 0.25) is 0 Å². The van der Waals surface area contributed by atoms with Gasteiger partial charge in [-0.15, -0.1) is 0 Å². The predicted octanol–water partition coefficient (Wildman–Crippen LogP) is 7.77. The van der Waals surface area contributed by atoms with Crippen molar-refractivity contribution in [2.45, 2.75) is 104 Å². The molecule has 0 aliphatic heterocycles. The lowest BCUT2D eigenvalue weighted by molar-refractivity contribution is -0.596. The van der Waals surface area contributed by atoms with Gasteiger partial charge in [0.25, 0.3) is 0 Å². The molecule has 0 saturated carbocycles. The molecular weight excluding hydrogens is 338 g/mol. The molecule has 1 heteroatoms. The number of nitrogens with zero attached hydrogens (tertiary/aromatic N) is 1. The standard InChI is InChI=1S/C27H42N/c1-3-5-7-9-11-14-18-25-22-23-28(27-20-16-13-17-21-27)24-26(25)19-15-12-10-8-6-4-2/h13,16-17,20-24H,3-12,14-15,18-19H2,1-2H3/q+1. The predicted molar refractivity (Wildman–Crippen MR) is 122 cm³/mol. The Kier molecular flexibility index (Phi) is 11.6. The molecule has 0 atom stereocenters. The van der Waals surface area contributed by atoms with Crippen LogP contribution in [0.5, 0.6) is 0 Å². The van der Waals surface area contributed by atoms with Gasteiger partial charge in [0, 0.05) is 23.8 Å². The maximum atomic E-state index is 2.40. The first-order valence-electron chi connectivity index (χ1n) is 11.9. The number of unbranched alkanes of at least 4 members (excludes halogenated alkanes) is 10.